The Hall–Kier alpha value is -2.73. The highest BCUT2D eigenvalue weighted by Crippen LogP contribution is 2.46. The molecule has 6 rings (SSSR count). The third kappa shape index (κ3) is 2.42. The molecule has 0 bridgehead atoms. The Bertz CT molecular complexity index is 1300. The quantitative estimate of drug-likeness (QED) is 0.332. The van der Waals surface area contributed by atoms with Crippen LogP contribution in [0.5, 0.6) is 23.0 Å². The lowest BCUT2D eigenvalue weighted by molar-refractivity contribution is -0.670. The SMILES string of the molecule is Br.CCOc1c(OC)ccc2c1c[n+]1c3c2ccc2c4c(cc(c23)CC1)OCO4. The molecule has 29 heavy (non-hydrogen) atoms. The zero-order valence-corrected chi connectivity index (χ0v) is 18.0. The summed E-state index contributed by atoms with van der Waals surface area (Å²) in [6.07, 6.45) is 3.17. The lowest BCUT2D eigenvalue weighted by Gasteiger charge is -2.18. The number of aryl methyl sites for hydroxylation is 2. The van der Waals surface area contributed by atoms with Crippen LogP contribution in [0.1, 0.15) is 12.5 Å². The van der Waals surface area contributed by atoms with Gasteiger partial charge >= 0.3 is 0 Å². The average molecular weight is 455 g/mol. The number of benzene rings is 3. The molecule has 0 fully saturated rings. The summed E-state index contributed by atoms with van der Waals surface area (Å²) in [5.74, 6) is 3.30. The Labute approximate surface area is 178 Å². The molecule has 0 atom stereocenters. The molecule has 0 spiro atoms. The molecule has 0 unspecified atom stereocenters. The molecule has 0 saturated carbocycles. The first kappa shape index (κ1) is 18.3. The Balaban J connectivity index is 0.00000181. The lowest BCUT2D eigenvalue weighted by atomic mass is 9.93. The Kier molecular flexibility index (Phi) is 4.21. The second-order valence-corrected chi connectivity index (χ2v) is 7.22. The Morgan fingerprint density at radius 1 is 1.03 bits per heavy atom. The number of halogens is 1. The van der Waals surface area contributed by atoms with Crippen molar-refractivity contribution < 1.29 is 23.5 Å². The average Bonchev–Trinajstić information content (AvgIpc) is 3.20. The maximum atomic E-state index is 5.98. The minimum absolute atomic E-state index is 0. The van der Waals surface area contributed by atoms with Gasteiger partial charge in [-0.25, -0.2) is 0 Å². The summed E-state index contributed by atoms with van der Waals surface area (Å²) in [6.45, 7) is 3.81. The van der Waals surface area contributed by atoms with E-state index in [9.17, 15) is 0 Å². The first-order valence-corrected chi connectivity index (χ1v) is 9.64. The second kappa shape index (κ2) is 6.66. The highest BCUT2D eigenvalue weighted by atomic mass is 79.9. The highest BCUT2D eigenvalue weighted by molar-refractivity contribution is 8.93. The third-order valence-corrected chi connectivity index (χ3v) is 5.84. The molecule has 0 N–H and O–H groups in total. The van der Waals surface area contributed by atoms with Gasteiger partial charge in [0.15, 0.2) is 35.7 Å². The van der Waals surface area contributed by atoms with Gasteiger partial charge in [-0.3, -0.25) is 0 Å². The normalized spacial score (nSPS) is 13.9. The van der Waals surface area contributed by atoms with Crippen LogP contribution in [0.15, 0.2) is 36.5 Å². The zero-order chi connectivity index (χ0) is 18.8. The predicted octanol–water partition coefficient (Wildman–Crippen LogP) is 4.70. The molecule has 5 nitrogen and oxygen atoms in total. The molecular weight excluding hydrogens is 434 g/mol. The number of pyridine rings is 1. The van der Waals surface area contributed by atoms with Gasteiger partial charge in [0.05, 0.1) is 29.9 Å². The van der Waals surface area contributed by atoms with Gasteiger partial charge < -0.3 is 18.9 Å². The molecule has 2 aliphatic heterocycles. The van der Waals surface area contributed by atoms with Crippen molar-refractivity contribution in [3.8, 4) is 23.0 Å². The number of hydrogen-bond acceptors (Lipinski definition) is 4. The second-order valence-electron chi connectivity index (χ2n) is 7.22. The number of aromatic nitrogens is 1. The van der Waals surface area contributed by atoms with E-state index in [0.717, 1.165) is 46.7 Å². The van der Waals surface area contributed by atoms with Crippen LogP contribution in [0, 0.1) is 0 Å². The molecular formula is C23H21BrNO4+. The molecule has 0 amide bonds. The maximum Gasteiger partial charge on any atom is 0.231 e. The fourth-order valence-corrected chi connectivity index (χ4v) is 4.69. The van der Waals surface area contributed by atoms with E-state index in [0.29, 0.717) is 13.4 Å². The summed E-state index contributed by atoms with van der Waals surface area (Å²) in [5, 5.41) is 5.86. The van der Waals surface area contributed by atoms with E-state index in [1.165, 1.54) is 27.2 Å². The molecule has 148 valence electrons. The van der Waals surface area contributed by atoms with Crippen molar-refractivity contribution in [2.24, 2.45) is 0 Å². The van der Waals surface area contributed by atoms with E-state index in [-0.39, 0.29) is 17.0 Å². The van der Waals surface area contributed by atoms with Crippen LogP contribution in [-0.4, -0.2) is 20.5 Å². The molecule has 4 aromatic rings. The van der Waals surface area contributed by atoms with Gasteiger partial charge in [-0.1, -0.05) is 0 Å². The number of fused-ring (bicyclic) bond motifs is 4. The van der Waals surface area contributed by atoms with Crippen LogP contribution < -0.4 is 23.5 Å². The minimum atomic E-state index is 0. The summed E-state index contributed by atoms with van der Waals surface area (Å²) in [7, 11) is 1.68. The number of rotatable bonds is 3. The molecule has 0 saturated heterocycles. The largest absolute Gasteiger partial charge is 0.493 e. The predicted molar refractivity (Wildman–Crippen MR) is 117 cm³/mol. The molecule has 0 radical (unpaired) electrons. The van der Waals surface area contributed by atoms with Gasteiger partial charge in [-0.2, -0.15) is 4.57 Å². The summed E-state index contributed by atoms with van der Waals surface area (Å²) in [4.78, 5) is 0. The van der Waals surface area contributed by atoms with Gasteiger partial charge in [-0.15, -0.1) is 17.0 Å². The number of nitrogens with zero attached hydrogens (tertiary/aromatic N) is 1. The standard InChI is InChI=1S/C23H20NO4.BrH/c1-3-26-23-17-11-24-9-8-13-10-19-22(28-12-27-19)16-5-4-15(21(24)20(13)16)14(17)6-7-18(23)25-2;/h4-7,10-11H,3,8-9,12H2,1-2H3;1H/q+1;. The van der Waals surface area contributed by atoms with Crippen molar-refractivity contribution in [2.45, 2.75) is 19.9 Å². The maximum absolute atomic E-state index is 5.98. The molecule has 2 aliphatic rings. The lowest BCUT2D eigenvalue weighted by Crippen LogP contribution is -2.38. The van der Waals surface area contributed by atoms with Crippen molar-refractivity contribution >= 4 is 49.4 Å². The van der Waals surface area contributed by atoms with Crippen LogP contribution in [0.3, 0.4) is 0 Å². The van der Waals surface area contributed by atoms with Crippen molar-refractivity contribution in [3.63, 3.8) is 0 Å². The first-order valence-electron chi connectivity index (χ1n) is 9.64. The van der Waals surface area contributed by atoms with E-state index in [4.69, 9.17) is 18.9 Å². The number of methoxy groups -OCH3 is 1. The van der Waals surface area contributed by atoms with Gasteiger partial charge in [0.25, 0.3) is 0 Å². The molecule has 0 aliphatic carbocycles. The van der Waals surface area contributed by atoms with Crippen molar-refractivity contribution in [1.29, 1.82) is 0 Å². The van der Waals surface area contributed by atoms with E-state index in [2.05, 4.69) is 35.0 Å². The van der Waals surface area contributed by atoms with E-state index in [1.54, 1.807) is 7.11 Å². The monoisotopic (exact) mass is 454 g/mol. The van der Waals surface area contributed by atoms with Crippen LogP contribution in [0.25, 0.3) is 32.4 Å². The van der Waals surface area contributed by atoms with E-state index < -0.39 is 0 Å². The zero-order valence-electron chi connectivity index (χ0n) is 16.3. The number of ether oxygens (including phenoxy) is 4. The summed E-state index contributed by atoms with van der Waals surface area (Å²) in [5.41, 5.74) is 2.57. The van der Waals surface area contributed by atoms with Crippen LogP contribution in [-0.2, 0) is 13.0 Å². The van der Waals surface area contributed by atoms with Gasteiger partial charge in [0.2, 0.25) is 12.3 Å². The van der Waals surface area contributed by atoms with Crippen LogP contribution in [0.2, 0.25) is 0 Å². The summed E-state index contributed by atoms with van der Waals surface area (Å²) >= 11 is 0. The van der Waals surface area contributed by atoms with Crippen molar-refractivity contribution in [2.75, 3.05) is 20.5 Å². The highest BCUT2D eigenvalue weighted by Gasteiger charge is 2.29. The molecule has 6 heteroatoms. The molecule has 1 aromatic heterocycles. The summed E-state index contributed by atoms with van der Waals surface area (Å²) < 4.78 is 25.3. The first-order chi connectivity index (χ1) is 13.8. The van der Waals surface area contributed by atoms with E-state index in [1.807, 2.05) is 13.0 Å². The smallest absolute Gasteiger partial charge is 0.231 e. The summed E-state index contributed by atoms with van der Waals surface area (Å²) in [6, 6.07) is 10.6. The molecule has 3 aromatic carbocycles. The van der Waals surface area contributed by atoms with E-state index >= 15 is 0 Å². The fraction of sp³-hybridized carbons (Fsp3) is 0.261. The number of hydrogen-bond donors (Lipinski definition) is 0. The topological polar surface area (TPSA) is 40.8 Å². The van der Waals surface area contributed by atoms with Crippen LogP contribution >= 0.6 is 17.0 Å². The van der Waals surface area contributed by atoms with Crippen molar-refractivity contribution in [3.05, 3.63) is 42.1 Å². The van der Waals surface area contributed by atoms with Crippen molar-refractivity contribution in [1.82, 2.24) is 0 Å². The minimum Gasteiger partial charge on any atom is -0.493 e. The fourth-order valence-electron chi connectivity index (χ4n) is 4.69. The van der Waals surface area contributed by atoms with Gasteiger partial charge in [-0.05, 0) is 42.8 Å². The van der Waals surface area contributed by atoms with Crippen LogP contribution in [0.4, 0.5) is 0 Å². The Morgan fingerprint density at radius 3 is 2.69 bits per heavy atom. The Morgan fingerprint density at radius 2 is 1.86 bits per heavy atom. The molecule has 3 heterocycles. The van der Waals surface area contributed by atoms with Gasteiger partial charge in [0, 0.05) is 17.2 Å². The third-order valence-electron chi connectivity index (χ3n) is 5.84. The van der Waals surface area contributed by atoms with Gasteiger partial charge in [0.1, 0.15) is 0 Å².